The van der Waals surface area contributed by atoms with E-state index in [4.69, 9.17) is 0 Å². The minimum absolute atomic E-state index is 0.0967. The Balaban J connectivity index is 1.77. The summed E-state index contributed by atoms with van der Waals surface area (Å²) in [5.74, 6) is -0.0967. The summed E-state index contributed by atoms with van der Waals surface area (Å²) < 4.78 is 28.1. The second-order valence-electron chi connectivity index (χ2n) is 7.00. The van der Waals surface area contributed by atoms with Crippen LogP contribution >= 0.6 is 15.9 Å². The number of hydrogen-bond acceptors (Lipinski definition) is 3. The first-order valence-electron chi connectivity index (χ1n) is 10.0. The Bertz CT molecular complexity index is 866. The van der Waals surface area contributed by atoms with Crippen molar-refractivity contribution in [2.24, 2.45) is 0 Å². The molecule has 7 heteroatoms. The average molecular weight is 481 g/mol. The van der Waals surface area contributed by atoms with Gasteiger partial charge in [0.15, 0.2) is 0 Å². The van der Waals surface area contributed by atoms with Crippen molar-refractivity contribution < 1.29 is 13.2 Å². The van der Waals surface area contributed by atoms with Gasteiger partial charge in [-0.2, -0.15) is 0 Å². The van der Waals surface area contributed by atoms with Crippen LogP contribution in [0.15, 0.2) is 57.9 Å². The molecule has 2 rings (SSSR count). The summed E-state index contributed by atoms with van der Waals surface area (Å²) in [6.07, 6.45) is 7.12. The molecule has 2 aromatic carbocycles. The molecule has 0 aromatic heterocycles. The highest BCUT2D eigenvalue weighted by Crippen LogP contribution is 2.15. The summed E-state index contributed by atoms with van der Waals surface area (Å²) in [5.41, 5.74) is 1.37. The Kier molecular flexibility index (Phi) is 9.84. The van der Waals surface area contributed by atoms with E-state index in [0.29, 0.717) is 12.1 Å². The number of hydrogen-bond donors (Lipinski definition) is 2. The number of benzene rings is 2. The summed E-state index contributed by atoms with van der Waals surface area (Å²) >= 11 is 3.29. The lowest BCUT2D eigenvalue weighted by Crippen LogP contribution is -2.25. The lowest BCUT2D eigenvalue weighted by atomic mass is 10.1. The fraction of sp³-hybridized carbons (Fsp3) is 0.409. The minimum atomic E-state index is -3.58. The molecule has 0 spiro atoms. The summed E-state index contributed by atoms with van der Waals surface area (Å²) in [7, 11) is -3.58. The third-order valence-electron chi connectivity index (χ3n) is 4.62. The molecule has 29 heavy (non-hydrogen) atoms. The SMILES string of the molecule is CCCCCCCCNC(=O)c1ccc(CNS(=O)(=O)c2ccc(Br)cc2)cc1. The first kappa shape index (κ1) is 23.6. The van der Waals surface area contributed by atoms with Gasteiger partial charge in [0.05, 0.1) is 4.90 Å². The molecule has 0 unspecified atom stereocenters. The van der Waals surface area contributed by atoms with Gasteiger partial charge in [0, 0.05) is 23.1 Å². The highest BCUT2D eigenvalue weighted by molar-refractivity contribution is 9.10. The van der Waals surface area contributed by atoms with Gasteiger partial charge in [-0.25, -0.2) is 13.1 Å². The molecule has 0 saturated carbocycles. The third kappa shape index (κ3) is 8.28. The van der Waals surface area contributed by atoms with Crippen molar-refractivity contribution in [3.63, 3.8) is 0 Å². The van der Waals surface area contributed by atoms with Crippen molar-refractivity contribution in [3.05, 3.63) is 64.1 Å². The standard InChI is InChI=1S/C22H29BrN2O3S/c1-2-3-4-5-6-7-16-24-22(26)19-10-8-18(9-11-19)17-25-29(27,28)21-14-12-20(23)13-15-21/h8-15,25H,2-7,16-17H2,1H3,(H,24,26). The van der Waals surface area contributed by atoms with Crippen LogP contribution in [-0.4, -0.2) is 20.9 Å². The topological polar surface area (TPSA) is 75.3 Å². The highest BCUT2D eigenvalue weighted by atomic mass is 79.9. The van der Waals surface area contributed by atoms with Crippen molar-refractivity contribution in [1.82, 2.24) is 10.0 Å². The Hall–Kier alpha value is -1.70. The number of carbonyl (C=O) groups is 1. The molecule has 5 nitrogen and oxygen atoms in total. The predicted octanol–water partition coefficient (Wildman–Crippen LogP) is 5.02. The van der Waals surface area contributed by atoms with Gasteiger partial charge in [-0.05, 0) is 48.4 Å². The van der Waals surface area contributed by atoms with Gasteiger partial charge in [0.1, 0.15) is 0 Å². The Morgan fingerprint density at radius 1 is 0.897 bits per heavy atom. The largest absolute Gasteiger partial charge is 0.352 e. The minimum Gasteiger partial charge on any atom is -0.352 e. The number of rotatable bonds is 12. The monoisotopic (exact) mass is 480 g/mol. The van der Waals surface area contributed by atoms with Gasteiger partial charge in [-0.1, -0.05) is 67.1 Å². The van der Waals surface area contributed by atoms with Gasteiger partial charge in [0.25, 0.3) is 5.91 Å². The maximum Gasteiger partial charge on any atom is 0.251 e. The molecule has 1 amide bonds. The quantitative estimate of drug-likeness (QED) is 0.418. The van der Waals surface area contributed by atoms with Crippen LogP contribution in [0, 0.1) is 0 Å². The summed E-state index contributed by atoms with van der Waals surface area (Å²) in [4.78, 5) is 12.4. The molecule has 0 aliphatic rings. The van der Waals surface area contributed by atoms with E-state index < -0.39 is 10.0 Å². The molecule has 2 N–H and O–H groups in total. The van der Waals surface area contributed by atoms with Crippen molar-refractivity contribution in [2.45, 2.75) is 56.9 Å². The number of nitrogens with one attached hydrogen (secondary N) is 2. The van der Waals surface area contributed by atoms with E-state index in [1.54, 1.807) is 48.5 Å². The number of sulfonamides is 1. The molecule has 0 atom stereocenters. The van der Waals surface area contributed by atoms with E-state index in [1.165, 1.54) is 25.7 Å². The number of unbranched alkanes of at least 4 members (excludes halogenated alkanes) is 5. The van der Waals surface area contributed by atoms with Crippen molar-refractivity contribution in [2.75, 3.05) is 6.54 Å². The van der Waals surface area contributed by atoms with Crippen LogP contribution in [0.1, 0.15) is 61.4 Å². The average Bonchev–Trinajstić information content (AvgIpc) is 2.72. The highest BCUT2D eigenvalue weighted by Gasteiger charge is 2.13. The first-order valence-corrected chi connectivity index (χ1v) is 12.3. The number of amides is 1. The summed E-state index contributed by atoms with van der Waals surface area (Å²) in [6, 6.07) is 13.4. The molecule has 0 bridgehead atoms. The van der Waals surface area contributed by atoms with Crippen LogP contribution in [0.5, 0.6) is 0 Å². The molecule has 0 heterocycles. The smallest absolute Gasteiger partial charge is 0.251 e. The van der Waals surface area contributed by atoms with Crippen LogP contribution < -0.4 is 10.0 Å². The second kappa shape index (κ2) is 12.1. The lowest BCUT2D eigenvalue weighted by molar-refractivity contribution is 0.0953. The zero-order valence-electron chi connectivity index (χ0n) is 16.8. The van der Waals surface area contributed by atoms with Gasteiger partial charge >= 0.3 is 0 Å². The zero-order chi connectivity index (χ0) is 21.1. The summed E-state index contributed by atoms with van der Waals surface area (Å²) in [5, 5.41) is 2.94. The molecule has 0 aliphatic heterocycles. The van der Waals surface area contributed by atoms with Crippen LogP contribution in [0.4, 0.5) is 0 Å². The van der Waals surface area contributed by atoms with E-state index in [-0.39, 0.29) is 17.3 Å². The number of carbonyl (C=O) groups excluding carboxylic acids is 1. The van der Waals surface area contributed by atoms with Gasteiger partial charge in [-0.3, -0.25) is 4.79 Å². The lowest BCUT2D eigenvalue weighted by Gasteiger charge is -2.08. The maximum atomic E-state index is 12.3. The maximum absolute atomic E-state index is 12.3. The second-order valence-corrected chi connectivity index (χ2v) is 9.68. The van der Waals surface area contributed by atoms with Crippen molar-refractivity contribution >= 4 is 31.9 Å². The molecular weight excluding hydrogens is 452 g/mol. The van der Waals surface area contributed by atoms with Crippen LogP contribution in [0.2, 0.25) is 0 Å². The van der Waals surface area contributed by atoms with Gasteiger partial charge < -0.3 is 5.32 Å². The van der Waals surface area contributed by atoms with Crippen molar-refractivity contribution in [3.8, 4) is 0 Å². The fourth-order valence-corrected chi connectivity index (χ4v) is 4.14. The number of halogens is 1. The normalized spacial score (nSPS) is 11.4. The third-order valence-corrected chi connectivity index (χ3v) is 6.57. The molecule has 0 radical (unpaired) electrons. The molecule has 158 valence electrons. The van der Waals surface area contributed by atoms with E-state index >= 15 is 0 Å². The molecule has 2 aromatic rings. The summed E-state index contributed by atoms with van der Waals surface area (Å²) in [6.45, 7) is 3.04. The zero-order valence-corrected chi connectivity index (χ0v) is 19.2. The Labute approximate surface area is 182 Å². The van der Waals surface area contributed by atoms with E-state index in [2.05, 4.69) is 32.9 Å². The fourth-order valence-electron chi connectivity index (χ4n) is 2.86. The van der Waals surface area contributed by atoms with Crippen molar-refractivity contribution in [1.29, 1.82) is 0 Å². The first-order chi connectivity index (χ1) is 13.9. The predicted molar refractivity (Wildman–Crippen MR) is 120 cm³/mol. The van der Waals surface area contributed by atoms with Gasteiger partial charge in [0.2, 0.25) is 10.0 Å². The molecular formula is C22H29BrN2O3S. The van der Waals surface area contributed by atoms with Crippen LogP contribution in [-0.2, 0) is 16.6 Å². The Morgan fingerprint density at radius 2 is 1.52 bits per heavy atom. The van der Waals surface area contributed by atoms with E-state index in [9.17, 15) is 13.2 Å². The van der Waals surface area contributed by atoms with Gasteiger partial charge in [-0.15, -0.1) is 0 Å². The molecule has 0 aliphatic carbocycles. The molecule has 0 fully saturated rings. The van der Waals surface area contributed by atoms with E-state index in [1.807, 2.05) is 0 Å². The Morgan fingerprint density at radius 3 is 2.17 bits per heavy atom. The molecule has 0 saturated heterocycles. The van der Waals surface area contributed by atoms with Crippen LogP contribution in [0.3, 0.4) is 0 Å². The van der Waals surface area contributed by atoms with Crippen LogP contribution in [0.25, 0.3) is 0 Å². The van der Waals surface area contributed by atoms with E-state index in [0.717, 1.165) is 22.9 Å².